The van der Waals surface area contributed by atoms with Crippen molar-refractivity contribution in [2.24, 2.45) is 0 Å². The van der Waals surface area contributed by atoms with Crippen molar-refractivity contribution in [2.75, 3.05) is 18.0 Å². The van der Waals surface area contributed by atoms with Crippen LogP contribution in [0.2, 0.25) is 5.02 Å². The van der Waals surface area contributed by atoms with Crippen molar-refractivity contribution in [1.29, 1.82) is 0 Å². The highest BCUT2D eigenvalue weighted by Crippen LogP contribution is 2.25. The third-order valence-electron chi connectivity index (χ3n) is 3.57. The van der Waals surface area contributed by atoms with Gasteiger partial charge in [-0.2, -0.15) is 0 Å². The first-order valence-electron chi connectivity index (χ1n) is 6.64. The summed E-state index contributed by atoms with van der Waals surface area (Å²) in [5, 5.41) is 3.62. The number of aromatic amines is 1. The van der Waals surface area contributed by atoms with E-state index < -0.39 is 0 Å². The predicted molar refractivity (Wildman–Crippen MR) is 77.5 cm³/mol. The normalized spacial score (nSPS) is 18.7. The second-order valence-electron chi connectivity index (χ2n) is 4.95. The third-order valence-corrected chi connectivity index (χ3v) is 3.88. The second-order valence-corrected chi connectivity index (χ2v) is 5.35. The number of aromatic nitrogens is 2. The molecular formula is C14H16ClFN4. The van der Waals surface area contributed by atoms with Gasteiger partial charge in [0.2, 0.25) is 0 Å². The maximum atomic E-state index is 13.5. The van der Waals surface area contributed by atoms with Crippen molar-refractivity contribution in [3.05, 3.63) is 47.3 Å². The summed E-state index contributed by atoms with van der Waals surface area (Å²) in [6.45, 7) is 2.50. The van der Waals surface area contributed by atoms with E-state index in [4.69, 9.17) is 11.6 Å². The molecule has 0 aliphatic carbocycles. The number of halogens is 2. The second kappa shape index (κ2) is 5.81. The van der Waals surface area contributed by atoms with Gasteiger partial charge in [-0.3, -0.25) is 0 Å². The van der Waals surface area contributed by atoms with Crippen LogP contribution in [-0.2, 0) is 6.54 Å². The van der Waals surface area contributed by atoms with Crippen molar-refractivity contribution in [3.63, 3.8) is 0 Å². The Hall–Kier alpha value is -1.59. The number of imidazole rings is 1. The van der Waals surface area contributed by atoms with Crippen LogP contribution < -0.4 is 10.2 Å². The predicted octanol–water partition coefficient (Wildman–Crippen LogP) is 2.57. The molecule has 1 atom stereocenters. The van der Waals surface area contributed by atoms with Gasteiger partial charge in [-0.1, -0.05) is 11.6 Å². The maximum absolute atomic E-state index is 13.5. The van der Waals surface area contributed by atoms with E-state index in [1.165, 1.54) is 6.07 Å². The highest BCUT2D eigenvalue weighted by molar-refractivity contribution is 6.30. The Morgan fingerprint density at radius 2 is 2.40 bits per heavy atom. The zero-order valence-electron chi connectivity index (χ0n) is 10.9. The van der Waals surface area contributed by atoms with E-state index in [1.54, 1.807) is 12.3 Å². The monoisotopic (exact) mass is 294 g/mol. The first kappa shape index (κ1) is 13.4. The Morgan fingerprint density at radius 1 is 1.50 bits per heavy atom. The van der Waals surface area contributed by atoms with Crippen molar-refractivity contribution in [3.8, 4) is 0 Å². The van der Waals surface area contributed by atoms with Gasteiger partial charge in [0.05, 0.1) is 11.6 Å². The molecule has 0 radical (unpaired) electrons. The SMILES string of the molecule is Fc1cc(N2CC[C@H](NCc3ncc[nH]3)C2)ccc1Cl. The van der Waals surface area contributed by atoms with Crippen LogP contribution in [0.15, 0.2) is 30.6 Å². The zero-order valence-corrected chi connectivity index (χ0v) is 11.7. The van der Waals surface area contributed by atoms with Crippen molar-refractivity contribution < 1.29 is 4.39 Å². The number of nitrogens with zero attached hydrogens (tertiary/aromatic N) is 2. The Morgan fingerprint density at radius 3 is 3.15 bits per heavy atom. The van der Waals surface area contributed by atoms with E-state index in [0.29, 0.717) is 6.04 Å². The topological polar surface area (TPSA) is 44.0 Å². The lowest BCUT2D eigenvalue weighted by atomic mass is 10.2. The number of anilines is 1. The van der Waals surface area contributed by atoms with Crippen molar-refractivity contribution in [1.82, 2.24) is 15.3 Å². The maximum Gasteiger partial charge on any atom is 0.143 e. The minimum Gasteiger partial charge on any atom is -0.370 e. The number of hydrogen-bond acceptors (Lipinski definition) is 3. The fourth-order valence-electron chi connectivity index (χ4n) is 2.48. The van der Waals surface area contributed by atoms with Crippen LogP contribution >= 0.6 is 11.6 Å². The van der Waals surface area contributed by atoms with E-state index in [1.807, 2.05) is 12.3 Å². The fourth-order valence-corrected chi connectivity index (χ4v) is 2.60. The summed E-state index contributed by atoms with van der Waals surface area (Å²) in [5.74, 6) is 0.567. The average molecular weight is 295 g/mol. The molecule has 0 amide bonds. The molecule has 106 valence electrons. The number of rotatable bonds is 4. The lowest BCUT2D eigenvalue weighted by Crippen LogP contribution is -2.32. The van der Waals surface area contributed by atoms with Gasteiger partial charge in [-0.25, -0.2) is 9.37 Å². The number of hydrogen-bond donors (Lipinski definition) is 2. The smallest absolute Gasteiger partial charge is 0.143 e. The van der Waals surface area contributed by atoms with Crippen molar-refractivity contribution in [2.45, 2.75) is 19.0 Å². The molecule has 2 aromatic rings. The Balaban J connectivity index is 1.57. The van der Waals surface area contributed by atoms with Gasteiger partial charge in [-0.15, -0.1) is 0 Å². The summed E-state index contributed by atoms with van der Waals surface area (Å²) < 4.78 is 13.5. The van der Waals surface area contributed by atoms with Gasteiger partial charge in [0, 0.05) is 37.2 Å². The van der Waals surface area contributed by atoms with Gasteiger partial charge in [0.1, 0.15) is 11.6 Å². The molecule has 1 aromatic carbocycles. The first-order chi connectivity index (χ1) is 9.72. The summed E-state index contributed by atoms with van der Waals surface area (Å²) in [6, 6.07) is 5.35. The molecule has 1 saturated heterocycles. The van der Waals surface area contributed by atoms with E-state index in [-0.39, 0.29) is 10.8 Å². The molecule has 0 spiro atoms. The number of nitrogens with one attached hydrogen (secondary N) is 2. The van der Waals surface area contributed by atoms with Crippen LogP contribution in [0.4, 0.5) is 10.1 Å². The number of H-pyrrole nitrogens is 1. The van der Waals surface area contributed by atoms with Crippen molar-refractivity contribution >= 4 is 17.3 Å². The average Bonchev–Trinajstić information content (AvgIpc) is 3.10. The zero-order chi connectivity index (χ0) is 13.9. The van der Waals surface area contributed by atoms with Crippen LogP contribution in [-0.4, -0.2) is 29.1 Å². The molecule has 0 unspecified atom stereocenters. The summed E-state index contributed by atoms with van der Waals surface area (Å²) in [5.41, 5.74) is 0.884. The summed E-state index contributed by atoms with van der Waals surface area (Å²) in [4.78, 5) is 9.41. The molecular weight excluding hydrogens is 279 g/mol. The lowest BCUT2D eigenvalue weighted by molar-refractivity contribution is 0.541. The molecule has 2 N–H and O–H groups in total. The molecule has 0 bridgehead atoms. The van der Waals surface area contributed by atoms with Gasteiger partial charge in [0.15, 0.2) is 0 Å². The van der Waals surface area contributed by atoms with E-state index in [0.717, 1.165) is 37.6 Å². The molecule has 20 heavy (non-hydrogen) atoms. The quantitative estimate of drug-likeness (QED) is 0.911. The lowest BCUT2D eigenvalue weighted by Gasteiger charge is -2.19. The van der Waals surface area contributed by atoms with E-state index in [2.05, 4.69) is 20.2 Å². The molecule has 2 heterocycles. The summed E-state index contributed by atoms with van der Waals surface area (Å²) in [7, 11) is 0. The largest absolute Gasteiger partial charge is 0.370 e. The standard InChI is InChI=1S/C14H16ClFN4/c15-12-2-1-11(7-13(12)16)20-6-3-10(9-20)19-8-14-17-4-5-18-14/h1-2,4-5,7,10,19H,3,6,8-9H2,(H,17,18)/t10-/m0/s1. The Labute approximate surface area is 122 Å². The Kier molecular flexibility index (Phi) is 3.89. The minimum atomic E-state index is -0.365. The van der Waals surface area contributed by atoms with Crippen LogP contribution in [0.3, 0.4) is 0 Å². The molecule has 1 aromatic heterocycles. The van der Waals surface area contributed by atoms with Crippen LogP contribution in [0.25, 0.3) is 0 Å². The Bertz CT molecular complexity index is 573. The van der Waals surface area contributed by atoms with E-state index in [9.17, 15) is 4.39 Å². The summed E-state index contributed by atoms with van der Waals surface area (Å²) >= 11 is 5.71. The highest BCUT2D eigenvalue weighted by atomic mass is 35.5. The molecule has 1 aliphatic rings. The summed E-state index contributed by atoms with van der Waals surface area (Å²) in [6.07, 6.45) is 4.59. The van der Waals surface area contributed by atoms with Gasteiger partial charge in [-0.05, 0) is 24.6 Å². The number of benzene rings is 1. The van der Waals surface area contributed by atoms with E-state index >= 15 is 0 Å². The molecule has 6 heteroatoms. The van der Waals surface area contributed by atoms with Crippen LogP contribution in [0.1, 0.15) is 12.2 Å². The fraction of sp³-hybridized carbons (Fsp3) is 0.357. The van der Waals surface area contributed by atoms with Crippen LogP contribution in [0.5, 0.6) is 0 Å². The molecule has 4 nitrogen and oxygen atoms in total. The third kappa shape index (κ3) is 2.94. The minimum absolute atomic E-state index is 0.167. The van der Waals surface area contributed by atoms with Gasteiger partial charge in [0.25, 0.3) is 0 Å². The van der Waals surface area contributed by atoms with Crippen LogP contribution in [0, 0.1) is 5.82 Å². The molecule has 0 saturated carbocycles. The molecule has 1 fully saturated rings. The molecule has 3 rings (SSSR count). The van der Waals surface area contributed by atoms with Gasteiger partial charge >= 0.3 is 0 Å². The molecule has 1 aliphatic heterocycles. The first-order valence-corrected chi connectivity index (χ1v) is 7.02. The van der Waals surface area contributed by atoms with Gasteiger partial charge < -0.3 is 15.2 Å². The highest BCUT2D eigenvalue weighted by Gasteiger charge is 2.22.